The van der Waals surface area contributed by atoms with Crippen LogP contribution < -0.4 is 4.31 Å². The van der Waals surface area contributed by atoms with Gasteiger partial charge in [-0.1, -0.05) is 86.1 Å². The molecule has 0 radical (unpaired) electrons. The second-order valence-corrected chi connectivity index (χ2v) is 12.6. The van der Waals surface area contributed by atoms with Gasteiger partial charge in [0.1, 0.15) is 0 Å². The number of para-hydroxylation sites is 3. The molecule has 1 aromatic heterocycles. The van der Waals surface area contributed by atoms with Crippen molar-refractivity contribution in [1.82, 2.24) is 4.57 Å². The Morgan fingerprint density at radius 1 is 0.615 bits per heavy atom. The summed E-state index contributed by atoms with van der Waals surface area (Å²) in [5, 5.41) is 2.39. The van der Waals surface area contributed by atoms with Crippen molar-refractivity contribution in [2.75, 3.05) is 4.31 Å². The van der Waals surface area contributed by atoms with E-state index in [-0.39, 0.29) is 4.90 Å². The maximum Gasteiger partial charge on any atom is 0.268 e. The lowest BCUT2D eigenvalue weighted by Gasteiger charge is -2.41. The third kappa shape index (κ3) is 3.39. The van der Waals surface area contributed by atoms with Gasteiger partial charge in [0.25, 0.3) is 10.0 Å². The minimum atomic E-state index is -3.87. The second-order valence-electron chi connectivity index (χ2n) is 10.8. The SMILES string of the molecule is Cc1ccc(S(=O)(=O)N2c3ccccc3C(C)(C)c3cc(-n4c5ccccc5c5ccccc54)ccc32)cc1. The molecule has 39 heavy (non-hydrogen) atoms. The van der Waals surface area contributed by atoms with E-state index in [2.05, 4.69) is 73.0 Å². The van der Waals surface area contributed by atoms with Crippen molar-refractivity contribution < 1.29 is 8.42 Å². The fourth-order valence-corrected chi connectivity index (χ4v) is 7.60. The molecule has 5 aromatic carbocycles. The normalized spacial score (nSPS) is 14.4. The van der Waals surface area contributed by atoms with E-state index in [0.717, 1.165) is 33.4 Å². The van der Waals surface area contributed by atoms with E-state index in [1.807, 2.05) is 55.5 Å². The molecule has 4 nitrogen and oxygen atoms in total. The molecule has 6 aromatic rings. The van der Waals surface area contributed by atoms with Gasteiger partial charge in [0.05, 0.1) is 27.3 Å². The quantitative estimate of drug-likeness (QED) is 0.232. The second kappa shape index (κ2) is 8.32. The summed E-state index contributed by atoms with van der Waals surface area (Å²) >= 11 is 0. The number of rotatable bonds is 3. The van der Waals surface area contributed by atoms with Crippen molar-refractivity contribution in [1.29, 1.82) is 0 Å². The first kappa shape index (κ1) is 23.7. The molecule has 0 N–H and O–H groups in total. The number of nitrogens with zero attached hydrogens (tertiary/aromatic N) is 2. The Kier molecular flexibility index (Phi) is 5.07. The van der Waals surface area contributed by atoms with Crippen molar-refractivity contribution in [3.8, 4) is 5.69 Å². The van der Waals surface area contributed by atoms with Gasteiger partial charge in [0.15, 0.2) is 0 Å². The standard InChI is InChI=1S/C34H28N2O2S/c1-23-16-19-25(20-17-23)39(37,38)36-32-15-9-6-12-28(32)34(2,3)29-22-24(18-21-33(29)36)35-30-13-7-4-10-26(30)27-11-5-8-14-31(27)35/h4-22H,1-3H3. The Morgan fingerprint density at radius 2 is 1.18 bits per heavy atom. The molecule has 0 amide bonds. The summed E-state index contributed by atoms with van der Waals surface area (Å²) in [5.41, 5.74) is 7.18. The smallest absolute Gasteiger partial charge is 0.268 e. The summed E-state index contributed by atoms with van der Waals surface area (Å²) < 4.78 is 32.2. The van der Waals surface area contributed by atoms with Crippen LogP contribution in [0.5, 0.6) is 0 Å². The zero-order chi connectivity index (χ0) is 26.9. The van der Waals surface area contributed by atoms with Gasteiger partial charge in [-0.25, -0.2) is 12.7 Å². The highest BCUT2D eigenvalue weighted by Gasteiger charge is 2.41. The highest BCUT2D eigenvalue weighted by molar-refractivity contribution is 7.93. The number of aryl methyl sites for hydroxylation is 1. The van der Waals surface area contributed by atoms with E-state index in [9.17, 15) is 8.42 Å². The fraction of sp³-hybridized carbons (Fsp3) is 0.118. The lowest BCUT2D eigenvalue weighted by molar-refractivity contribution is 0.590. The van der Waals surface area contributed by atoms with Crippen LogP contribution in [-0.4, -0.2) is 13.0 Å². The Hall–Kier alpha value is -4.35. The average molecular weight is 529 g/mol. The van der Waals surface area contributed by atoms with Crippen molar-refractivity contribution in [2.24, 2.45) is 0 Å². The van der Waals surface area contributed by atoms with Crippen LogP contribution in [0.1, 0.15) is 30.5 Å². The number of aromatic nitrogens is 1. The summed E-state index contributed by atoms with van der Waals surface area (Å²) in [4.78, 5) is 0.278. The number of hydrogen-bond acceptors (Lipinski definition) is 2. The highest BCUT2D eigenvalue weighted by Crippen LogP contribution is 2.51. The first-order valence-corrected chi connectivity index (χ1v) is 14.6. The van der Waals surface area contributed by atoms with Crippen LogP contribution in [0, 0.1) is 6.92 Å². The van der Waals surface area contributed by atoms with Gasteiger partial charge in [-0.15, -0.1) is 0 Å². The van der Waals surface area contributed by atoms with Crippen LogP contribution in [0.15, 0.2) is 120 Å². The Bertz CT molecular complexity index is 1970. The zero-order valence-electron chi connectivity index (χ0n) is 22.1. The number of anilines is 2. The summed E-state index contributed by atoms with van der Waals surface area (Å²) in [7, 11) is -3.87. The predicted molar refractivity (Wildman–Crippen MR) is 160 cm³/mol. The maximum atomic E-state index is 14.2. The van der Waals surface area contributed by atoms with Gasteiger partial charge in [-0.3, -0.25) is 0 Å². The summed E-state index contributed by atoms with van der Waals surface area (Å²) in [5.74, 6) is 0. The predicted octanol–water partition coefficient (Wildman–Crippen LogP) is 8.26. The highest BCUT2D eigenvalue weighted by atomic mass is 32.2. The first-order valence-electron chi connectivity index (χ1n) is 13.1. The van der Waals surface area contributed by atoms with Gasteiger partial charge in [-0.2, -0.15) is 0 Å². The molecule has 0 atom stereocenters. The lowest BCUT2D eigenvalue weighted by atomic mass is 9.74. The monoisotopic (exact) mass is 528 g/mol. The molecule has 0 spiro atoms. The zero-order valence-corrected chi connectivity index (χ0v) is 22.9. The maximum absolute atomic E-state index is 14.2. The molecule has 7 rings (SSSR count). The van der Waals surface area contributed by atoms with Crippen LogP contribution in [0.3, 0.4) is 0 Å². The van der Waals surface area contributed by atoms with E-state index in [4.69, 9.17) is 0 Å². The topological polar surface area (TPSA) is 42.3 Å². The van der Waals surface area contributed by atoms with E-state index < -0.39 is 15.4 Å². The molecule has 2 heterocycles. The first-order chi connectivity index (χ1) is 18.8. The lowest BCUT2D eigenvalue weighted by Crippen LogP contribution is -2.36. The summed E-state index contributed by atoms with van der Waals surface area (Å²) in [6.07, 6.45) is 0. The van der Waals surface area contributed by atoms with E-state index in [1.165, 1.54) is 15.1 Å². The van der Waals surface area contributed by atoms with Crippen LogP contribution in [0.2, 0.25) is 0 Å². The van der Waals surface area contributed by atoms with Crippen LogP contribution in [-0.2, 0) is 15.4 Å². The largest absolute Gasteiger partial charge is 0.309 e. The molecule has 1 aliphatic heterocycles. The molecular formula is C34H28N2O2S. The average Bonchev–Trinajstić information content (AvgIpc) is 3.28. The molecule has 0 bridgehead atoms. The molecule has 1 aliphatic rings. The summed E-state index contributed by atoms with van der Waals surface area (Å²) in [6.45, 7) is 6.31. The molecule has 0 fully saturated rings. The Morgan fingerprint density at radius 3 is 1.85 bits per heavy atom. The number of sulfonamides is 1. The van der Waals surface area contributed by atoms with E-state index in [0.29, 0.717) is 11.4 Å². The van der Waals surface area contributed by atoms with Gasteiger partial charge >= 0.3 is 0 Å². The molecule has 0 saturated carbocycles. The van der Waals surface area contributed by atoms with E-state index in [1.54, 1.807) is 12.1 Å². The molecular weight excluding hydrogens is 500 g/mol. The van der Waals surface area contributed by atoms with Crippen LogP contribution in [0.25, 0.3) is 27.5 Å². The van der Waals surface area contributed by atoms with Gasteiger partial charge < -0.3 is 4.57 Å². The molecule has 5 heteroatoms. The molecule has 192 valence electrons. The number of hydrogen-bond donors (Lipinski definition) is 0. The fourth-order valence-electron chi connectivity index (χ4n) is 6.07. The van der Waals surface area contributed by atoms with Crippen LogP contribution >= 0.6 is 0 Å². The Labute approximate surface area is 228 Å². The summed E-state index contributed by atoms with van der Waals surface area (Å²) in [6, 6.07) is 38.0. The third-order valence-corrected chi connectivity index (χ3v) is 9.81. The Balaban J connectivity index is 1.51. The van der Waals surface area contributed by atoms with Crippen LogP contribution in [0.4, 0.5) is 11.4 Å². The van der Waals surface area contributed by atoms with Gasteiger partial charge in [-0.05, 0) is 66.6 Å². The van der Waals surface area contributed by atoms with Crippen molar-refractivity contribution in [2.45, 2.75) is 31.1 Å². The third-order valence-electron chi connectivity index (χ3n) is 8.07. The minimum absolute atomic E-state index is 0.278. The molecule has 0 unspecified atom stereocenters. The van der Waals surface area contributed by atoms with Crippen molar-refractivity contribution in [3.63, 3.8) is 0 Å². The number of benzene rings is 5. The van der Waals surface area contributed by atoms with Crippen molar-refractivity contribution in [3.05, 3.63) is 132 Å². The van der Waals surface area contributed by atoms with Gasteiger partial charge in [0.2, 0.25) is 0 Å². The molecule has 0 aliphatic carbocycles. The van der Waals surface area contributed by atoms with E-state index >= 15 is 0 Å². The number of fused-ring (bicyclic) bond motifs is 5. The van der Waals surface area contributed by atoms with Crippen molar-refractivity contribution >= 4 is 43.2 Å². The minimum Gasteiger partial charge on any atom is -0.309 e. The van der Waals surface area contributed by atoms with Gasteiger partial charge in [0, 0.05) is 21.9 Å². The molecule has 0 saturated heterocycles.